The summed E-state index contributed by atoms with van der Waals surface area (Å²) < 4.78 is 6.13. The van der Waals surface area contributed by atoms with Gasteiger partial charge < -0.3 is 10.1 Å². The van der Waals surface area contributed by atoms with Crippen molar-refractivity contribution in [3.63, 3.8) is 0 Å². The van der Waals surface area contributed by atoms with Gasteiger partial charge in [-0.3, -0.25) is 14.4 Å². The van der Waals surface area contributed by atoms with Crippen LogP contribution in [-0.4, -0.2) is 24.0 Å². The highest BCUT2D eigenvalue weighted by Gasteiger charge is 2.12. The highest BCUT2D eigenvalue weighted by Crippen LogP contribution is 2.22. The number of anilines is 1. The molecule has 0 bridgehead atoms. The van der Waals surface area contributed by atoms with E-state index in [-0.39, 0.29) is 17.8 Å². The van der Waals surface area contributed by atoms with Crippen molar-refractivity contribution in [2.75, 3.05) is 5.32 Å². The minimum absolute atomic E-state index is 0.190. The van der Waals surface area contributed by atoms with Gasteiger partial charge in [0, 0.05) is 28.2 Å². The Hall–Kier alpha value is -3.00. The van der Waals surface area contributed by atoms with Crippen LogP contribution < -0.4 is 15.5 Å². The molecule has 0 radical (unpaired) electrons. The van der Waals surface area contributed by atoms with Gasteiger partial charge in [-0.2, -0.15) is 5.10 Å². The number of nitrogens with zero attached hydrogens (tertiary/aromatic N) is 1. The second kappa shape index (κ2) is 9.80. The highest BCUT2D eigenvalue weighted by atomic mass is 79.9. The molecule has 2 amide bonds. The summed E-state index contributed by atoms with van der Waals surface area (Å²) in [7, 11) is 0. The van der Waals surface area contributed by atoms with Gasteiger partial charge in [-0.25, -0.2) is 5.43 Å². The van der Waals surface area contributed by atoms with Crippen LogP contribution in [0.15, 0.2) is 52.0 Å². The summed E-state index contributed by atoms with van der Waals surface area (Å²) in [6.07, 6.45) is 1.40. The van der Waals surface area contributed by atoms with Crippen molar-refractivity contribution in [1.29, 1.82) is 0 Å². The van der Waals surface area contributed by atoms with Crippen molar-refractivity contribution in [2.45, 2.75) is 20.8 Å². The lowest BCUT2D eigenvalue weighted by molar-refractivity contribution is -0.137. The molecule has 7 nitrogen and oxygen atoms in total. The lowest BCUT2D eigenvalue weighted by Gasteiger charge is -2.09. The number of carbonyl (C=O) groups excluding carboxylic acids is 3. The van der Waals surface area contributed by atoms with E-state index in [0.29, 0.717) is 22.6 Å². The SMILES string of the molecule is CC(=O)Nc1ccc(C(=O)N/N=C\c2cc(Br)ccc2OC(=O)C(C)C)cc1. The number of rotatable bonds is 6. The molecule has 8 heteroatoms. The number of carbonyl (C=O) groups is 3. The van der Waals surface area contributed by atoms with Crippen LogP contribution in [0.4, 0.5) is 5.69 Å². The van der Waals surface area contributed by atoms with E-state index < -0.39 is 5.91 Å². The molecule has 0 spiro atoms. The fourth-order valence-electron chi connectivity index (χ4n) is 2.07. The third-order valence-electron chi connectivity index (χ3n) is 3.49. The number of nitrogens with one attached hydrogen (secondary N) is 2. The lowest BCUT2D eigenvalue weighted by atomic mass is 10.2. The Morgan fingerprint density at radius 1 is 1.11 bits per heavy atom. The van der Waals surface area contributed by atoms with Gasteiger partial charge in [0.05, 0.1) is 12.1 Å². The van der Waals surface area contributed by atoms with E-state index in [9.17, 15) is 14.4 Å². The minimum atomic E-state index is -0.415. The monoisotopic (exact) mass is 445 g/mol. The molecule has 2 N–H and O–H groups in total. The standard InChI is InChI=1S/C20H20BrN3O4/c1-12(2)20(27)28-18-9-6-16(21)10-15(18)11-22-24-19(26)14-4-7-17(8-5-14)23-13(3)25/h4-12H,1-3H3,(H,23,25)(H,24,26)/b22-11-. The van der Waals surface area contributed by atoms with Gasteiger partial charge in [0.1, 0.15) is 5.75 Å². The fraction of sp³-hybridized carbons (Fsp3) is 0.200. The van der Waals surface area contributed by atoms with E-state index in [1.54, 1.807) is 56.3 Å². The first-order valence-electron chi connectivity index (χ1n) is 8.48. The topological polar surface area (TPSA) is 96.9 Å². The van der Waals surface area contributed by atoms with E-state index in [2.05, 4.69) is 31.8 Å². The zero-order valence-electron chi connectivity index (χ0n) is 15.7. The van der Waals surface area contributed by atoms with Gasteiger partial charge in [0.25, 0.3) is 5.91 Å². The highest BCUT2D eigenvalue weighted by molar-refractivity contribution is 9.10. The molecule has 0 aliphatic rings. The molecule has 0 atom stereocenters. The summed E-state index contributed by atoms with van der Waals surface area (Å²) in [5.74, 6) is -0.889. The molecule has 2 aromatic carbocycles. The van der Waals surface area contributed by atoms with Gasteiger partial charge in [-0.1, -0.05) is 29.8 Å². The van der Waals surface area contributed by atoms with Crippen molar-refractivity contribution in [1.82, 2.24) is 5.43 Å². The number of hydrogen-bond donors (Lipinski definition) is 2. The first kappa shape index (κ1) is 21.3. The van der Waals surface area contributed by atoms with Gasteiger partial charge in [-0.15, -0.1) is 0 Å². The molecule has 0 saturated carbocycles. The molecular weight excluding hydrogens is 426 g/mol. The first-order chi connectivity index (χ1) is 13.3. The van der Waals surface area contributed by atoms with Gasteiger partial charge in [0.2, 0.25) is 5.91 Å². The number of halogens is 1. The van der Waals surface area contributed by atoms with E-state index in [0.717, 1.165) is 4.47 Å². The van der Waals surface area contributed by atoms with Crippen LogP contribution >= 0.6 is 15.9 Å². The Bertz CT molecular complexity index is 908. The molecule has 2 aromatic rings. The normalized spacial score (nSPS) is 10.8. The van der Waals surface area contributed by atoms with Crippen LogP contribution in [0.2, 0.25) is 0 Å². The van der Waals surface area contributed by atoms with Crippen LogP contribution in [0.3, 0.4) is 0 Å². The number of benzene rings is 2. The average Bonchev–Trinajstić information content (AvgIpc) is 2.63. The molecule has 0 fully saturated rings. The third-order valence-corrected chi connectivity index (χ3v) is 3.98. The van der Waals surface area contributed by atoms with Crippen molar-refractivity contribution < 1.29 is 19.1 Å². The maximum Gasteiger partial charge on any atom is 0.313 e. The largest absolute Gasteiger partial charge is 0.426 e. The van der Waals surface area contributed by atoms with Crippen LogP contribution in [-0.2, 0) is 9.59 Å². The fourth-order valence-corrected chi connectivity index (χ4v) is 2.45. The molecule has 0 aliphatic heterocycles. The third kappa shape index (κ3) is 6.31. The first-order valence-corrected chi connectivity index (χ1v) is 9.28. The summed E-state index contributed by atoms with van der Waals surface area (Å²) >= 11 is 3.35. The smallest absolute Gasteiger partial charge is 0.313 e. The number of amides is 2. The molecule has 146 valence electrons. The Morgan fingerprint density at radius 2 is 1.79 bits per heavy atom. The molecule has 0 saturated heterocycles. The Labute approximate surface area is 171 Å². The lowest BCUT2D eigenvalue weighted by Crippen LogP contribution is -2.18. The van der Waals surface area contributed by atoms with Crippen LogP contribution in [0.25, 0.3) is 0 Å². The summed E-state index contributed by atoms with van der Waals surface area (Å²) in [4.78, 5) is 35.0. The second-order valence-corrected chi connectivity index (χ2v) is 7.13. The molecule has 0 aromatic heterocycles. The van der Waals surface area contributed by atoms with Gasteiger partial charge in [-0.05, 0) is 42.5 Å². The molecular formula is C20H20BrN3O4. The molecule has 28 heavy (non-hydrogen) atoms. The van der Waals surface area contributed by atoms with Crippen molar-refractivity contribution in [3.05, 3.63) is 58.1 Å². The minimum Gasteiger partial charge on any atom is -0.426 e. The predicted octanol–water partition coefficient (Wildman–Crippen LogP) is 3.73. The number of hydrazone groups is 1. The van der Waals surface area contributed by atoms with E-state index in [4.69, 9.17) is 4.74 Å². The Balaban J connectivity index is 2.07. The van der Waals surface area contributed by atoms with Crippen LogP contribution in [0.1, 0.15) is 36.7 Å². The van der Waals surface area contributed by atoms with Gasteiger partial charge >= 0.3 is 5.97 Å². The predicted molar refractivity (Wildman–Crippen MR) is 110 cm³/mol. The summed E-state index contributed by atoms with van der Waals surface area (Å²) in [5.41, 5.74) is 3.93. The molecule has 0 aliphatic carbocycles. The summed E-state index contributed by atoms with van der Waals surface area (Å²) in [5, 5.41) is 6.56. The quantitative estimate of drug-likeness (QED) is 0.306. The van der Waals surface area contributed by atoms with E-state index in [1.807, 2.05) is 0 Å². The maximum atomic E-state index is 12.2. The summed E-state index contributed by atoms with van der Waals surface area (Å²) in [6, 6.07) is 11.5. The Morgan fingerprint density at radius 3 is 2.39 bits per heavy atom. The van der Waals surface area contributed by atoms with Crippen molar-refractivity contribution >= 4 is 45.6 Å². The average molecular weight is 446 g/mol. The van der Waals surface area contributed by atoms with Crippen LogP contribution in [0, 0.1) is 5.92 Å². The number of ether oxygens (including phenoxy) is 1. The van der Waals surface area contributed by atoms with E-state index >= 15 is 0 Å². The van der Waals surface area contributed by atoms with Crippen molar-refractivity contribution in [3.8, 4) is 5.75 Å². The number of esters is 1. The zero-order chi connectivity index (χ0) is 20.7. The van der Waals surface area contributed by atoms with Gasteiger partial charge in [0.15, 0.2) is 0 Å². The number of hydrogen-bond acceptors (Lipinski definition) is 5. The second-order valence-electron chi connectivity index (χ2n) is 6.22. The van der Waals surface area contributed by atoms with Crippen molar-refractivity contribution in [2.24, 2.45) is 11.0 Å². The molecule has 0 unspecified atom stereocenters. The van der Waals surface area contributed by atoms with E-state index in [1.165, 1.54) is 13.1 Å². The summed E-state index contributed by atoms with van der Waals surface area (Å²) in [6.45, 7) is 4.89. The Kier molecular flexibility index (Phi) is 7.45. The zero-order valence-corrected chi connectivity index (χ0v) is 17.2. The molecule has 2 rings (SSSR count). The maximum absolute atomic E-state index is 12.2. The van der Waals surface area contributed by atoms with Crippen LogP contribution in [0.5, 0.6) is 5.75 Å². The molecule has 0 heterocycles.